The Kier molecular flexibility index (Phi) is 3.80. The number of hydrogen-bond donors (Lipinski definition) is 1. The zero-order chi connectivity index (χ0) is 13.9. The number of likely N-dealkylation sites (N-methyl/N-ethyl adjacent to an activating group) is 1. The summed E-state index contributed by atoms with van der Waals surface area (Å²) >= 11 is 1.77. The molecule has 1 unspecified atom stereocenters. The van der Waals surface area contributed by atoms with Crippen LogP contribution in [0.1, 0.15) is 23.7 Å². The molecule has 0 saturated heterocycles. The summed E-state index contributed by atoms with van der Waals surface area (Å²) in [6.45, 7) is 3.06. The van der Waals surface area contributed by atoms with Gasteiger partial charge in [-0.05, 0) is 24.7 Å². The van der Waals surface area contributed by atoms with Gasteiger partial charge in [-0.1, -0.05) is 19.1 Å². The van der Waals surface area contributed by atoms with Crippen molar-refractivity contribution in [2.24, 2.45) is 7.05 Å². The number of thiazole rings is 1. The van der Waals surface area contributed by atoms with E-state index in [0.29, 0.717) is 0 Å². The SMILES string of the molecule is CCNC(Cc1ccnn1C)c1nc2ccccc2s1. The highest BCUT2D eigenvalue weighted by Gasteiger charge is 2.17. The molecule has 0 spiro atoms. The number of nitrogens with zero attached hydrogens (tertiary/aromatic N) is 3. The Labute approximate surface area is 122 Å². The van der Waals surface area contributed by atoms with Crippen LogP contribution in [0.25, 0.3) is 10.2 Å². The van der Waals surface area contributed by atoms with Crippen molar-refractivity contribution in [3.8, 4) is 0 Å². The first kappa shape index (κ1) is 13.3. The molecular weight excluding hydrogens is 268 g/mol. The topological polar surface area (TPSA) is 42.7 Å². The maximum Gasteiger partial charge on any atom is 0.111 e. The lowest BCUT2D eigenvalue weighted by Gasteiger charge is -2.15. The molecule has 0 aliphatic heterocycles. The molecule has 0 aliphatic rings. The van der Waals surface area contributed by atoms with Crippen LogP contribution in [0, 0.1) is 0 Å². The van der Waals surface area contributed by atoms with Crippen molar-refractivity contribution in [3.63, 3.8) is 0 Å². The highest BCUT2D eigenvalue weighted by atomic mass is 32.1. The molecule has 1 N–H and O–H groups in total. The number of aromatic nitrogens is 3. The van der Waals surface area contributed by atoms with E-state index in [1.54, 1.807) is 11.3 Å². The summed E-state index contributed by atoms with van der Waals surface area (Å²) in [5.74, 6) is 0. The lowest BCUT2D eigenvalue weighted by Crippen LogP contribution is -2.23. The molecule has 2 aromatic heterocycles. The molecule has 0 saturated carbocycles. The van der Waals surface area contributed by atoms with Crippen LogP contribution in [0.15, 0.2) is 36.5 Å². The molecule has 4 nitrogen and oxygen atoms in total. The quantitative estimate of drug-likeness (QED) is 0.784. The third-order valence-corrected chi connectivity index (χ3v) is 4.54. The second-order valence-electron chi connectivity index (χ2n) is 4.78. The fourth-order valence-corrected chi connectivity index (χ4v) is 3.39. The van der Waals surface area contributed by atoms with E-state index in [-0.39, 0.29) is 6.04 Å². The minimum Gasteiger partial charge on any atom is -0.308 e. The van der Waals surface area contributed by atoms with E-state index in [4.69, 9.17) is 4.98 Å². The van der Waals surface area contributed by atoms with Gasteiger partial charge < -0.3 is 5.32 Å². The molecule has 0 fully saturated rings. The number of para-hydroxylation sites is 1. The number of hydrogen-bond acceptors (Lipinski definition) is 4. The molecule has 104 valence electrons. The van der Waals surface area contributed by atoms with Gasteiger partial charge in [-0.2, -0.15) is 5.10 Å². The molecule has 3 aromatic rings. The van der Waals surface area contributed by atoms with Gasteiger partial charge in [-0.3, -0.25) is 4.68 Å². The molecule has 0 amide bonds. The minimum absolute atomic E-state index is 0.243. The third kappa shape index (κ3) is 2.59. The number of fused-ring (bicyclic) bond motifs is 1. The van der Waals surface area contributed by atoms with E-state index >= 15 is 0 Å². The van der Waals surface area contributed by atoms with E-state index < -0.39 is 0 Å². The summed E-state index contributed by atoms with van der Waals surface area (Å²) in [5, 5.41) is 8.92. The van der Waals surface area contributed by atoms with E-state index in [1.165, 1.54) is 10.4 Å². The van der Waals surface area contributed by atoms with Gasteiger partial charge in [-0.15, -0.1) is 11.3 Å². The van der Waals surface area contributed by atoms with Gasteiger partial charge in [-0.25, -0.2) is 4.98 Å². The highest BCUT2D eigenvalue weighted by molar-refractivity contribution is 7.18. The van der Waals surface area contributed by atoms with Gasteiger partial charge >= 0.3 is 0 Å². The summed E-state index contributed by atoms with van der Waals surface area (Å²) in [6.07, 6.45) is 2.75. The maximum atomic E-state index is 4.77. The van der Waals surface area contributed by atoms with Crippen molar-refractivity contribution in [3.05, 3.63) is 47.2 Å². The fourth-order valence-electron chi connectivity index (χ4n) is 2.34. The van der Waals surface area contributed by atoms with Crippen LogP contribution >= 0.6 is 11.3 Å². The predicted molar refractivity (Wildman–Crippen MR) is 82.9 cm³/mol. The Bertz CT molecular complexity index is 668. The van der Waals surface area contributed by atoms with Crippen LogP contribution in [-0.4, -0.2) is 21.3 Å². The molecule has 5 heteroatoms. The summed E-state index contributed by atoms with van der Waals surface area (Å²) < 4.78 is 3.17. The van der Waals surface area contributed by atoms with E-state index in [9.17, 15) is 0 Å². The molecule has 0 bridgehead atoms. The largest absolute Gasteiger partial charge is 0.308 e. The van der Waals surface area contributed by atoms with Gasteiger partial charge in [0, 0.05) is 25.4 Å². The summed E-state index contributed by atoms with van der Waals surface area (Å²) in [7, 11) is 1.98. The number of benzene rings is 1. The van der Waals surface area contributed by atoms with Crippen molar-refractivity contribution in [1.82, 2.24) is 20.1 Å². The number of nitrogens with one attached hydrogen (secondary N) is 1. The zero-order valence-corrected chi connectivity index (χ0v) is 12.5. The average molecular weight is 286 g/mol. The van der Waals surface area contributed by atoms with Gasteiger partial charge in [0.15, 0.2) is 0 Å². The van der Waals surface area contributed by atoms with Crippen molar-refractivity contribution in [2.75, 3.05) is 6.54 Å². The van der Waals surface area contributed by atoms with Crippen molar-refractivity contribution < 1.29 is 0 Å². The lowest BCUT2D eigenvalue weighted by atomic mass is 10.1. The molecule has 0 radical (unpaired) electrons. The molecule has 3 rings (SSSR count). The maximum absolute atomic E-state index is 4.77. The Balaban J connectivity index is 1.91. The first-order valence-electron chi connectivity index (χ1n) is 6.83. The van der Waals surface area contributed by atoms with Crippen molar-refractivity contribution in [1.29, 1.82) is 0 Å². The van der Waals surface area contributed by atoms with Crippen LogP contribution in [0.2, 0.25) is 0 Å². The van der Waals surface area contributed by atoms with Gasteiger partial charge in [0.1, 0.15) is 5.01 Å². The molecule has 2 heterocycles. The molecule has 1 aromatic carbocycles. The Morgan fingerprint density at radius 2 is 2.15 bits per heavy atom. The Hall–Kier alpha value is -1.72. The standard InChI is InChI=1S/C15H18N4S/c1-3-16-13(10-11-8-9-17-19(11)2)15-18-12-6-4-5-7-14(12)20-15/h4-9,13,16H,3,10H2,1-2H3. The summed E-state index contributed by atoms with van der Waals surface area (Å²) in [4.78, 5) is 4.77. The summed E-state index contributed by atoms with van der Waals surface area (Å²) in [6, 6.07) is 10.6. The van der Waals surface area contributed by atoms with Crippen LogP contribution in [0.4, 0.5) is 0 Å². The normalized spacial score (nSPS) is 12.9. The first-order chi connectivity index (χ1) is 9.78. The van der Waals surface area contributed by atoms with Crippen molar-refractivity contribution in [2.45, 2.75) is 19.4 Å². The van der Waals surface area contributed by atoms with Gasteiger partial charge in [0.05, 0.1) is 16.3 Å². The number of aryl methyl sites for hydroxylation is 1. The first-order valence-corrected chi connectivity index (χ1v) is 7.65. The smallest absolute Gasteiger partial charge is 0.111 e. The minimum atomic E-state index is 0.243. The summed E-state index contributed by atoms with van der Waals surface area (Å²) in [5.41, 5.74) is 2.30. The lowest BCUT2D eigenvalue weighted by molar-refractivity contribution is 0.527. The second kappa shape index (κ2) is 5.73. The van der Waals surface area contributed by atoms with E-state index in [0.717, 1.165) is 23.5 Å². The molecule has 0 aliphatic carbocycles. The zero-order valence-electron chi connectivity index (χ0n) is 11.7. The molecular formula is C15H18N4S. The highest BCUT2D eigenvalue weighted by Crippen LogP contribution is 2.28. The predicted octanol–water partition coefficient (Wildman–Crippen LogP) is 2.92. The third-order valence-electron chi connectivity index (χ3n) is 3.39. The van der Waals surface area contributed by atoms with Crippen LogP contribution in [0.3, 0.4) is 0 Å². The van der Waals surface area contributed by atoms with Crippen LogP contribution < -0.4 is 5.32 Å². The second-order valence-corrected chi connectivity index (χ2v) is 5.84. The Morgan fingerprint density at radius 1 is 1.30 bits per heavy atom. The van der Waals surface area contributed by atoms with Gasteiger partial charge in [0.25, 0.3) is 0 Å². The monoisotopic (exact) mass is 286 g/mol. The fraction of sp³-hybridized carbons (Fsp3) is 0.333. The number of rotatable bonds is 5. The van der Waals surface area contributed by atoms with E-state index in [2.05, 4.69) is 41.6 Å². The molecule has 1 atom stereocenters. The van der Waals surface area contributed by atoms with Crippen molar-refractivity contribution >= 4 is 21.6 Å². The average Bonchev–Trinajstić information content (AvgIpc) is 3.04. The Morgan fingerprint density at radius 3 is 2.85 bits per heavy atom. The van der Waals surface area contributed by atoms with Gasteiger partial charge in [0.2, 0.25) is 0 Å². The van der Waals surface area contributed by atoms with Crippen LogP contribution in [-0.2, 0) is 13.5 Å². The van der Waals surface area contributed by atoms with Crippen LogP contribution in [0.5, 0.6) is 0 Å². The van der Waals surface area contributed by atoms with E-state index in [1.807, 2.05) is 24.0 Å². The molecule has 20 heavy (non-hydrogen) atoms.